The van der Waals surface area contributed by atoms with Crippen molar-refractivity contribution in [2.24, 2.45) is 5.73 Å². The third kappa shape index (κ3) is 2.30. The first-order valence-corrected chi connectivity index (χ1v) is 3.85. The molecule has 0 unspecified atom stereocenters. The molecule has 0 saturated carbocycles. The zero-order valence-corrected chi connectivity index (χ0v) is 6.85. The zero-order valence-electron chi connectivity index (χ0n) is 6.85. The molecule has 0 radical (unpaired) electrons. The predicted molar refractivity (Wildman–Crippen MR) is 47.2 cm³/mol. The minimum Gasteiger partial charge on any atom is -0.370 e. The fourth-order valence-electron chi connectivity index (χ4n) is 1.08. The molecule has 1 rings (SSSR count). The maximum Gasteiger partial charge on any atom is 0.191 e. The summed E-state index contributed by atoms with van der Waals surface area (Å²) in [5.74, 6) is 0.439. The van der Waals surface area contributed by atoms with Crippen LogP contribution in [0.25, 0.3) is 0 Å². The van der Waals surface area contributed by atoms with Gasteiger partial charge < -0.3 is 21.3 Å². The minimum atomic E-state index is -0.0197. The van der Waals surface area contributed by atoms with Crippen LogP contribution < -0.4 is 16.4 Å². The normalized spacial score (nSPS) is 16.0. The van der Waals surface area contributed by atoms with E-state index < -0.39 is 0 Å². The summed E-state index contributed by atoms with van der Waals surface area (Å²) < 4.78 is 0. The van der Waals surface area contributed by atoms with Gasteiger partial charge in [-0.2, -0.15) is 0 Å². The van der Waals surface area contributed by atoms with Crippen LogP contribution in [0.15, 0.2) is 0 Å². The Labute approximate surface area is 71.1 Å². The molecule has 1 aliphatic rings. The first-order valence-electron chi connectivity index (χ1n) is 3.85. The SMILES string of the molecule is N=C(N)NCCN1CCNC1=N. The van der Waals surface area contributed by atoms with Crippen molar-refractivity contribution in [1.29, 1.82) is 10.8 Å². The van der Waals surface area contributed by atoms with E-state index in [0.29, 0.717) is 19.0 Å². The molecule has 0 aromatic heterocycles. The Morgan fingerprint density at radius 1 is 1.75 bits per heavy atom. The van der Waals surface area contributed by atoms with Crippen LogP contribution in [-0.4, -0.2) is 43.0 Å². The van der Waals surface area contributed by atoms with Gasteiger partial charge in [-0.25, -0.2) is 0 Å². The van der Waals surface area contributed by atoms with Crippen LogP contribution in [0, 0.1) is 10.8 Å². The number of hydrogen-bond acceptors (Lipinski definition) is 2. The highest BCUT2D eigenvalue weighted by molar-refractivity contribution is 5.78. The van der Waals surface area contributed by atoms with Gasteiger partial charge in [0.1, 0.15) is 0 Å². The summed E-state index contributed by atoms with van der Waals surface area (Å²) >= 11 is 0. The molecule has 0 amide bonds. The van der Waals surface area contributed by atoms with E-state index in [0.717, 1.165) is 13.1 Å². The molecule has 0 spiro atoms. The van der Waals surface area contributed by atoms with E-state index in [1.54, 1.807) is 0 Å². The summed E-state index contributed by atoms with van der Waals surface area (Å²) in [6, 6.07) is 0. The van der Waals surface area contributed by atoms with Crippen molar-refractivity contribution in [3.63, 3.8) is 0 Å². The Kier molecular flexibility index (Phi) is 2.73. The quantitative estimate of drug-likeness (QED) is 0.258. The Bertz CT molecular complexity index is 188. The van der Waals surface area contributed by atoms with Gasteiger partial charge in [-0.15, -0.1) is 0 Å². The van der Waals surface area contributed by atoms with Crippen LogP contribution >= 0.6 is 0 Å². The molecule has 68 valence electrons. The lowest BCUT2D eigenvalue weighted by molar-refractivity contribution is 0.461. The van der Waals surface area contributed by atoms with Gasteiger partial charge in [0.15, 0.2) is 11.9 Å². The smallest absolute Gasteiger partial charge is 0.191 e. The molecule has 6 heteroatoms. The van der Waals surface area contributed by atoms with Crippen LogP contribution in [-0.2, 0) is 0 Å². The van der Waals surface area contributed by atoms with Crippen LogP contribution in [0.3, 0.4) is 0 Å². The fraction of sp³-hybridized carbons (Fsp3) is 0.667. The average Bonchev–Trinajstić information content (AvgIpc) is 2.36. The van der Waals surface area contributed by atoms with Crippen LogP contribution in [0.4, 0.5) is 0 Å². The van der Waals surface area contributed by atoms with Crippen molar-refractivity contribution >= 4 is 11.9 Å². The highest BCUT2D eigenvalue weighted by Gasteiger charge is 2.14. The highest BCUT2D eigenvalue weighted by atomic mass is 15.3. The molecule has 1 fully saturated rings. The van der Waals surface area contributed by atoms with E-state index in [4.69, 9.17) is 16.6 Å². The van der Waals surface area contributed by atoms with Gasteiger partial charge in [0.05, 0.1) is 0 Å². The third-order valence-electron chi connectivity index (χ3n) is 1.69. The van der Waals surface area contributed by atoms with Crippen molar-refractivity contribution in [2.75, 3.05) is 26.2 Å². The Morgan fingerprint density at radius 2 is 2.50 bits per heavy atom. The molecule has 0 aliphatic carbocycles. The van der Waals surface area contributed by atoms with Crippen molar-refractivity contribution < 1.29 is 0 Å². The van der Waals surface area contributed by atoms with Gasteiger partial charge in [0.2, 0.25) is 0 Å². The van der Waals surface area contributed by atoms with Crippen molar-refractivity contribution in [3.05, 3.63) is 0 Å². The topological polar surface area (TPSA) is 101 Å². The first kappa shape index (κ1) is 8.63. The molecule has 12 heavy (non-hydrogen) atoms. The molecular formula is C6H14N6. The minimum absolute atomic E-state index is 0.0197. The summed E-state index contributed by atoms with van der Waals surface area (Å²) in [6.07, 6.45) is 0. The van der Waals surface area contributed by atoms with Crippen molar-refractivity contribution in [2.45, 2.75) is 0 Å². The van der Waals surface area contributed by atoms with E-state index in [2.05, 4.69) is 10.6 Å². The molecule has 6 nitrogen and oxygen atoms in total. The van der Waals surface area contributed by atoms with E-state index in [1.165, 1.54) is 0 Å². The second-order valence-electron chi connectivity index (χ2n) is 2.60. The highest BCUT2D eigenvalue weighted by Crippen LogP contribution is 1.92. The second-order valence-corrected chi connectivity index (χ2v) is 2.60. The molecule has 1 aliphatic heterocycles. The molecule has 1 heterocycles. The predicted octanol–water partition coefficient (Wildman–Crippen LogP) is -1.69. The third-order valence-corrected chi connectivity index (χ3v) is 1.69. The lowest BCUT2D eigenvalue weighted by atomic mass is 10.5. The summed E-state index contributed by atoms with van der Waals surface area (Å²) in [5.41, 5.74) is 5.10. The van der Waals surface area contributed by atoms with E-state index >= 15 is 0 Å². The van der Waals surface area contributed by atoms with Gasteiger partial charge in [-0.1, -0.05) is 0 Å². The van der Waals surface area contributed by atoms with Gasteiger partial charge in [-0.3, -0.25) is 10.8 Å². The largest absolute Gasteiger partial charge is 0.370 e. The second kappa shape index (κ2) is 3.80. The molecule has 0 bridgehead atoms. The fourth-order valence-corrected chi connectivity index (χ4v) is 1.08. The van der Waals surface area contributed by atoms with Crippen molar-refractivity contribution in [1.82, 2.24) is 15.5 Å². The standard InChI is InChI=1S/C6H14N6/c7-5(8)10-1-3-12-4-2-11-6(12)9/h1-4H2,(H2,9,11)(H4,7,8,10). The number of nitrogens with two attached hydrogens (primary N) is 1. The van der Waals surface area contributed by atoms with Crippen LogP contribution in [0.2, 0.25) is 0 Å². The average molecular weight is 170 g/mol. The van der Waals surface area contributed by atoms with Gasteiger partial charge in [0, 0.05) is 26.2 Å². The monoisotopic (exact) mass is 170 g/mol. The Hall–Kier alpha value is -1.46. The molecule has 0 aromatic rings. The molecular weight excluding hydrogens is 156 g/mol. The van der Waals surface area contributed by atoms with Gasteiger partial charge in [-0.05, 0) is 0 Å². The molecule has 6 N–H and O–H groups in total. The summed E-state index contributed by atoms with van der Waals surface area (Å²) in [6.45, 7) is 3.02. The maximum atomic E-state index is 7.39. The maximum absolute atomic E-state index is 7.39. The van der Waals surface area contributed by atoms with Gasteiger partial charge >= 0.3 is 0 Å². The summed E-state index contributed by atoms with van der Waals surface area (Å²) in [7, 11) is 0. The van der Waals surface area contributed by atoms with E-state index in [9.17, 15) is 0 Å². The molecule has 1 saturated heterocycles. The Morgan fingerprint density at radius 3 is 3.00 bits per heavy atom. The number of nitrogens with zero attached hydrogens (tertiary/aromatic N) is 1. The molecule has 0 atom stereocenters. The number of rotatable bonds is 3. The van der Waals surface area contributed by atoms with Crippen molar-refractivity contribution in [3.8, 4) is 0 Å². The number of guanidine groups is 2. The molecule has 0 aromatic carbocycles. The van der Waals surface area contributed by atoms with Crippen LogP contribution in [0.1, 0.15) is 0 Å². The summed E-state index contributed by atoms with van der Waals surface area (Å²) in [5, 5.41) is 19.9. The van der Waals surface area contributed by atoms with Crippen LogP contribution in [0.5, 0.6) is 0 Å². The van der Waals surface area contributed by atoms with E-state index in [1.807, 2.05) is 4.90 Å². The Balaban J connectivity index is 2.14. The summed E-state index contributed by atoms with van der Waals surface area (Å²) in [4.78, 5) is 1.90. The van der Waals surface area contributed by atoms with E-state index in [-0.39, 0.29) is 5.96 Å². The first-order chi connectivity index (χ1) is 5.70. The zero-order chi connectivity index (χ0) is 8.97. The lowest BCUT2D eigenvalue weighted by Crippen LogP contribution is -2.39. The number of nitrogens with one attached hydrogen (secondary N) is 4. The number of hydrogen-bond donors (Lipinski definition) is 5. The van der Waals surface area contributed by atoms with Gasteiger partial charge in [0.25, 0.3) is 0 Å². The lowest BCUT2D eigenvalue weighted by Gasteiger charge is -2.16.